The van der Waals surface area contributed by atoms with Gasteiger partial charge in [-0.1, -0.05) is 0 Å². The molecule has 0 aliphatic carbocycles. The molecule has 0 aliphatic heterocycles. The highest BCUT2D eigenvalue weighted by Crippen LogP contribution is 2.16. The molecule has 0 amide bonds. The molecule has 0 unspecified atom stereocenters. The van der Waals surface area contributed by atoms with E-state index >= 15 is 0 Å². The fraction of sp³-hybridized carbons (Fsp3) is 0.273. The number of hydrogen-bond donors (Lipinski definition) is 1. The average molecular weight is 265 g/mol. The van der Waals surface area contributed by atoms with Gasteiger partial charge >= 0.3 is 5.97 Å². The minimum atomic E-state index is -0.698. The summed E-state index contributed by atoms with van der Waals surface area (Å²) in [7, 11) is 0. The molecule has 0 saturated heterocycles. The number of nitrogens with zero attached hydrogens (tertiary/aromatic N) is 2. The highest BCUT2D eigenvalue weighted by molar-refractivity contribution is 7.13. The van der Waals surface area contributed by atoms with Crippen molar-refractivity contribution in [1.82, 2.24) is 4.98 Å². The molecule has 0 atom stereocenters. The van der Waals surface area contributed by atoms with Crippen molar-refractivity contribution in [3.05, 3.63) is 22.8 Å². The predicted octanol–water partition coefficient (Wildman–Crippen LogP) is 1.73. The van der Waals surface area contributed by atoms with Crippen LogP contribution in [0.25, 0.3) is 0 Å². The Morgan fingerprint density at radius 2 is 2.39 bits per heavy atom. The van der Waals surface area contributed by atoms with Gasteiger partial charge in [0.05, 0.1) is 6.61 Å². The van der Waals surface area contributed by atoms with E-state index in [1.54, 1.807) is 18.4 Å². The van der Waals surface area contributed by atoms with E-state index < -0.39 is 5.97 Å². The molecule has 0 radical (unpaired) electrons. The van der Waals surface area contributed by atoms with E-state index in [1.807, 2.05) is 0 Å². The Morgan fingerprint density at radius 1 is 1.67 bits per heavy atom. The predicted molar refractivity (Wildman–Crippen MR) is 66.1 cm³/mol. The zero-order chi connectivity index (χ0) is 13.5. The van der Waals surface area contributed by atoms with Gasteiger partial charge in [-0.25, -0.2) is 9.78 Å². The molecule has 1 N–H and O–H groups in total. The lowest BCUT2D eigenvalue weighted by molar-refractivity contribution is -0.138. The van der Waals surface area contributed by atoms with Gasteiger partial charge in [0, 0.05) is 18.5 Å². The highest BCUT2D eigenvalue weighted by atomic mass is 32.1. The van der Waals surface area contributed by atoms with Gasteiger partial charge in [0.1, 0.15) is 11.8 Å². The molecule has 6 nitrogen and oxygen atoms in total. The maximum atomic E-state index is 11.3. The van der Waals surface area contributed by atoms with E-state index in [-0.39, 0.29) is 18.0 Å². The number of ketones is 1. The number of ether oxygens (including phenoxy) is 1. The van der Waals surface area contributed by atoms with Gasteiger partial charge in [0.15, 0.2) is 16.5 Å². The molecule has 18 heavy (non-hydrogen) atoms. The zero-order valence-electron chi connectivity index (χ0n) is 9.89. The normalized spacial score (nSPS) is 10.6. The Kier molecular flexibility index (Phi) is 5.02. The Hall–Kier alpha value is -2.20. The third kappa shape index (κ3) is 3.68. The van der Waals surface area contributed by atoms with E-state index in [2.05, 4.69) is 15.0 Å². The van der Waals surface area contributed by atoms with Crippen LogP contribution in [0.2, 0.25) is 0 Å². The number of anilines is 1. The number of nitrogens with one attached hydrogen (secondary N) is 1. The van der Waals surface area contributed by atoms with Crippen molar-refractivity contribution in [2.45, 2.75) is 13.8 Å². The quantitative estimate of drug-likeness (QED) is 0.377. The second kappa shape index (κ2) is 6.51. The van der Waals surface area contributed by atoms with E-state index in [1.165, 1.54) is 24.5 Å². The summed E-state index contributed by atoms with van der Waals surface area (Å²) in [5.74, 6) is -0.843. The number of carbonyl (C=O) groups excluding carboxylic acids is 2. The van der Waals surface area contributed by atoms with Gasteiger partial charge in [-0.3, -0.25) is 4.79 Å². The fourth-order valence-corrected chi connectivity index (χ4v) is 1.70. The second-order valence-electron chi connectivity index (χ2n) is 3.13. The Balaban J connectivity index is 2.74. The first-order chi connectivity index (χ1) is 8.58. The first kappa shape index (κ1) is 13.9. The SMILES string of the molecule is CCOC(=O)C(C#N)=CNc1nc(C(C)=O)cs1. The summed E-state index contributed by atoms with van der Waals surface area (Å²) in [4.78, 5) is 26.3. The molecule has 1 aromatic heterocycles. The Morgan fingerprint density at radius 3 is 2.89 bits per heavy atom. The smallest absolute Gasteiger partial charge is 0.350 e. The lowest BCUT2D eigenvalue weighted by Crippen LogP contribution is -2.07. The number of hydrogen-bond acceptors (Lipinski definition) is 7. The largest absolute Gasteiger partial charge is 0.462 e. The van der Waals surface area contributed by atoms with Gasteiger partial charge in [-0.2, -0.15) is 5.26 Å². The number of Topliss-reactive ketones (excluding diaryl/α,β-unsaturated/α-hetero) is 1. The van der Waals surface area contributed by atoms with E-state index in [4.69, 9.17) is 5.26 Å². The molecule has 0 spiro atoms. The number of esters is 1. The van der Waals surface area contributed by atoms with Crippen LogP contribution in [-0.2, 0) is 9.53 Å². The summed E-state index contributed by atoms with van der Waals surface area (Å²) in [6.45, 7) is 3.26. The van der Waals surface area contributed by atoms with Crippen molar-refractivity contribution in [3.63, 3.8) is 0 Å². The number of aromatic nitrogens is 1. The van der Waals surface area contributed by atoms with Gasteiger partial charge < -0.3 is 10.1 Å². The lowest BCUT2D eigenvalue weighted by atomic mass is 10.3. The minimum absolute atomic E-state index is 0.144. The number of rotatable bonds is 5. The maximum Gasteiger partial charge on any atom is 0.350 e. The molecule has 0 fully saturated rings. The van der Waals surface area contributed by atoms with Crippen molar-refractivity contribution < 1.29 is 14.3 Å². The summed E-state index contributed by atoms with van der Waals surface area (Å²) < 4.78 is 4.69. The zero-order valence-corrected chi connectivity index (χ0v) is 10.7. The number of carbonyl (C=O) groups is 2. The lowest BCUT2D eigenvalue weighted by Gasteiger charge is -1.99. The van der Waals surface area contributed by atoms with Crippen molar-refractivity contribution in [3.8, 4) is 6.07 Å². The second-order valence-corrected chi connectivity index (χ2v) is 3.99. The summed E-state index contributed by atoms with van der Waals surface area (Å²) in [5, 5.41) is 13.5. The summed E-state index contributed by atoms with van der Waals surface area (Å²) in [6.07, 6.45) is 1.21. The molecule has 7 heteroatoms. The van der Waals surface area contributed by atoms with Crippen molar-refractivity contribution in [2.24, 2.45) is 0 Å². The van der Waals surface area contributed by atoms with E-state index in [9.17, 15) is 9.59 Å². The minimum Gasteiger partial charge on any atom is -0.462 e. The van der Waals surface area contributed by atoms with Crippen LogP contribution in [0, 0.1) is 11.3 Å². The van der Waals surface area contributed by atoms with Crippen LogP contribution >= 0.6 is 11.3 Å². The Bertz CT molecular complexity index is 528. The molecular formula is C11H11N3O3S. The molecule has 1 heterocycles. The molecule has 94 valence electrons. The van der Waals surface area contributed by atoms with Gasteiger partial charge in [-0.05, 0) is 6.92 Å². The van der Waals surface area contributed by atoms with Gasteiger partial charge in [0.25, 0.3) is 0 Å². The molecule has 0 aliphatic rings. The van der Waals surface area contributed by atoms with Crippen LogP contribution < -0.4 is 5.32 Å². The highest BCUT2D eigenvalue weighted by Gasteiger charge is 2.10. The monoisotopic (exact) mass is 265 g/mol. The molecular weight excluding hydrogens is 254 g/mol. The van der Waals surface area contributed by atoms with Gasteiger partial charge in [-0.15, -0.1) is 11.3 Å². The van der Waals surface area contributed by atoms with E-state index in [0.29, 0.717) is 10.8 Å². The van der Waals surface area contributed by atoms with E-state index in [0.717, 1.165) is 0 Å². The summed E-state index contributed by atoms with van der Waals surface area (Å²) in [6, 6.07) is 1.72. The summed E-state index contributed by atoms with van der Waals surface area (Å²) in [5.41, 5.74) is 0.182. The van der Waals surface area contributed by atoms with Crippen molar-refractivity contribution in [2.75, 3.05) is 11.9 Å². The van der Waals surface area contributed by atoms with Crippen molar-refractivity contribution in [1.29, 1.82) is 5.26 Å². The Labute approximate surface area is 108 Å². The fourth-order valence-electron chi connectivity index (χ4n) is 0.981. The topological polar surface area (TPSA) is 92.1 Å². The van der Waals surface area contributed by atoms with Crippen LogP contribution in [0.5, 0.6) is 0 Å². The first-order valence-corrected chi connectivity index (χ1v) is 5.96. The molecule has 0 bridgehead atoms. The number of thiazole rings is 1. The number of nitriles is 1. The maximum absolute atomic E-state index is 11.3. The van der Waals surface area contributed by atoms with Gasteiger partial charge in [0.2, 0.25) is 0 Å². The summed E-state index contributed by atoms with van der Waals surface area (Å²) >= 11 is 1.21. The molecule has 0 saturated carbocycles. The van der Waals surface area contributed by atoms with Crippen LogP contribution in [0.3, 0.4) is 0 Å². The van der Waals surface area contributed by atoms with Crippen molar-refractivity contribution >= 4 is 28.2 Å². The van der Waals surface area contributed by atoms with Crippen LogP contribution in [-0.4, -0.2) is 23.3 Å². The van der Waals surface area contributed by atoms with Crippen LogP contribution in [0.4, 0.5) is 5.13 Å². The van der Waals surface area contributed by atoms with Crippen LogP contribution in [0.1, 0.15) is 24.3 Å². The molecule has 1 rings (SSSR count). The standard InChI is InChI=1S/C11H11N3O3S/c1-3-17-10(16)8(4-12)5-13-11-14-9(6-18-11)7(2)15/h5-6H,3H2,1-2H3,(H,13,14). The van der Waals surface area contributed by atoms with Crippen LogP contribution in [0.15, 0.2) is 17.2 Å². The molecule has 0 aromatic carbocycles. The third-order valence-electron chi connectivity index (χ3n) is 1.82. The average Bonchev–Trinajstić information content (AvgIpc) is 2.79. The third-order valence-corrected chi connectivity index (χ3v) is 2.59. The first-order valence-electron chi connectivity index (χ1n) is 5.08. The molecule has 1 aromatic rings.